The third-order valence-corrected chi connectivity index (χ3v) is 3.82. The lowest BCUT2D eigenvalue weighted by Gasteiger charge is -2.20. The number of aromatic nitrogens is 1. The molecule has 3 N–H and O–H groups in total. The van der Waals surface area contributed by atoms with Crippen molar-refractivity contribution >= 4 is 11.8 Å². The Kier molecular flexibility index (Phi) is 5.65. The molecule has 2 rings (SSSR count). The fourth-order valence-corrected chi connectivity index (χ4v) is 2.56. The zero-order valence-corrected chi connectivity index (χ0v) is 15.8. The molecule has 0 saturated carbocycles. The van der Waals surface area contributed by atoms with E-state index in [1.807, 2.05) is 40.7 Å². The van der Waals surface area contributed by atoms with Crippen molar-refractivity contribution in [2.45, 2.75) is 46.7 Å². The second-order valence-electron chi connectivity index (χ2n) is 7.41. The molecular formula is C20H25N3O3. The van der Waals surface area contributed by atoms with Crippen molar-refractivity contribution in [1.29, 1.82) is 0 Å². The largest absolute Gasteiger partial charge is 0.348 e. The van der Waals surface area contributed by atoms with E-state index in [1.165, 1.54) is 0 Å². The molecule has 2 aromatic rings. The SMILES string of the molecule is Cc1cc(C)c(CNC(=O)c2ccc(C(=O)NC(C)(C)C)cc2)c(=O)[nH]1. The average Bonchev–Trinajstić information content (AvgIpc) is 2.52. The Labute approximate surface area is 153 Å². The van der Waals surface area contributed by atoms with Crippen LogP contribution < -0.4 is 16.2 Å². The minimum atomic E-state index is -0.327. The molecule has 2 amide bonds. The van der Waals surface area contributed by atoms with Gasteiger partial charge in [-0.05, 0) is 70.5 Å². The Morgan fingerprint density at radius 2 is 1.54 bits per heavy atom. The van der Waals surface area contributed by atoms with Crippen molar-refractivity contribution in [3.8, 4) is 0 Å². The van der Waals surface area contributed by atoms with Gasteiger partial charge in [0.05, 0.1) is 0 Å². The molecule has 0 aliphatic heterocycles. The summed E-state index contributed by atoms with van der Waals surface area (Å²) in [6.07, 6.45) is 0. The van der Waals surface area contributed by atoms with Crippen LogP contribution in [0.15, 0.2) is 35.1 Å². The molecule has 1 heterocycles. The van der Waals surface area contributed by atoms with E-state index in [-0.39, 0.29) is 29.5 Å². The van der Waals surface area contributed by atoms with E-state index in [2.05, 4.69) is 15.6 Å². The summed E-state index contributed by atoms with van der Waals surface area (Å²) >= 11 is 0. The standard InChI is InChI=1S/C20H25N3O3/c1-12-10-13(2)22-19(26)16(12)11-21-17(24)14-6-8-15(9-7-14)18(25)23-20(3,4)5/h6-10H,11H2,1-5H3,(H,21,24)(H,22,26)(H,23,25). The Hall–Kier alpha value is -2.89. The lowest BCUT2D eigenvalue weighted by atomic mass is 10.1. The second-order valence-corrected chi connectivity index (χ2v) is 7.41. The van der Waals surface area contributed by atoms with Crippen molar-refractivity contribution in [3.63, 3.8) is 0 Å². The van der Waals surface area contributed by atoms with Gasteiger partial charge >= 0.3 is 0 Å². The highest BCUT2D eigenvalue weighted by atomic mass is 16.2. The highest BCUT2D eigenvalue weighted by Gasteiger charge is 2.16. The predicted molar refractivity (Wildman–Crippen MR) is 101 cm³/mol. The Balaban J connectivity index is 2.05. The minimum Gasteiger partial charge on any atom is -0.348 e. The summed E-state index contributed by atoms with van der Waals surface area (Å²) in [5.74, 6) is -0.488. The zero-order chi connectivity index (χ0) is 19.5. The molecule has 0 atom stereocenters. The first-order valence-corrected chi connectivity index (χ1v) is 8.47. The molecule has 0 saturated heterocycles. The first kappa shape index (κ1) is 19.4. The Bertz CT molecular complexity index is 875. The lowest BCUT2D eigenvalue weighted by Crippen LogP contribution is -2.40. The van der Waals surface area contributed by atoms with E-state index in [1.54, 1.807) is 24.3 Å². The van der Waals surface area contributed by atoms with Crippen molar-refractivity contribution in [2.24, 2.45) is 0 Å². The molecular weight excluding hydrogens is 330 g/mol. The van der Waals surface area contributed by atoms with Crippen molar-refractivity contribution in [2.75, 3.05) is 0 Å². The maximum Gasteiger partial charge on any atom is 0.253 e. The maximum atomic E-state index is 12.3. The number of aryl methyl sites for hydroxylation is 2. The van der Waals surface area contributed by atoms with E-state index in [9.17, 15) is 14.4 Å². The van der Waals surface area contributed by atoms with Crippen molar-refractivity contribution in [1.82, 2.24) is 15.6 Å². The van der Waals surface area contributed by atoms with Crippen molar-refractivity contribution in [3.05, 3.63) is 68.6 Å². The normalized spacial score (nSPS) is 11.1. The molecule has 6 nitrogen and oxygen atoms in total. The highest BCUT2D eigenvalue weighted by molar-refractivity contribution is 5.98. The quantitative estimate of drug-likeness (QED) is 0.787. The number of carbonyl (C=O) groups is 2. The minimum absolute atomic E-state index is 0.145. The summed E-state index contributed by atoms with van der Waals surface area (Å²) < 4.78 is 0. The third kappa shape index (κ3) is 5.05. The average molecular weight is 355 g/mol. The predicted octanol–water partition coefficient (Wildman–Crippen LogP) is 2.45. The Morgan fingerprint density at radius 1 is 1.00 bits per heavy atom. The van der Waals surface area contributed by atoms with Gasteiger partial charge in [0.15, 0.2) is 0 Å². The maximum absolute atomic E-state index is 12.3. The number of H-pyrrole nitrogens is 1. The lowest BCUT2D eigenvalue weighted by molar-refractivity contribution is 0.0915. The van der Waals surface area contributed by atoms with Gasteiger partial charge in [0.25, 0.3) is 17.4 Å². The van der Waals surface area contributed by atoms with Crippen LogP contribution in [0.25, 0.3) is 0 Å². The van der Waals surface area contributed by atoms with Gasteiger partial charge in [-0.15, -0.1) is 0 Å². The van der Waals surface area contributed by atoms with Crippen LogP contribution in [0.2, 0.25) is 0 Å². The molecule has 1 aromatic heterocycles. The molecule has 26 heavy (non-hydrogen) atoms. The van der Waals surface area contributed by atoms with Crippen LogP contribution in [0.4, 0.5) is 0 Å². The molecule has 0 fully saturated rings. The van der Waals surface area contributed by atoms with Gasteiger partial charge in [-0.1, -0.05) is 0 Å². The molecule has 0 bridgehead atoms. The number of hydrogen-bond acceptors (Lipinski definition) is 3. The number of benzene rings is 1. The van der Waals surface area contributed by atoms with Gasteiger partial charge in [-0.3, -0.25) is 14.4 Å². The Morgan fingerprint density at radius 3 is 2.04 bits per heavy atom. The van der Waals surface area contributed by atoms with Crippen LogP contribution in [0.1, 0.15) is 58.3 Å². The first-order valence-electron chi connectivity index (χ1n) is 8.47. The molecule has 0 unspecified atom stereocenters. The van der Waals surface area contributed by atoms with E-state index < -0.39 is 0 Å². The molecule has 0 radical (unpaired) electrons. The number of aromatic amines is 1. The summed E-state index contributed by atoms with van der Waals surface area (Å²) in [5.41, 5.74) is 2.54. The van der Waals surface area contributed by atoms with Crippen LogP contribution in [0.5, 0.6) is 0 Å². The summed E-state index contributed by atoms with van der Waals surface area (Å²) in [4.78, 5) is 39.1. The molecule has 0 aliphatic carbocycles. The summed E-state index contributed by atoms with van der Waals surface area (Å²) in [6, 6.07) is 8.28. The second kappa shape index (κ2) is 7.56. The first-order chi connectivity index (χ1) is 12.1. The number of carbonyl (C=O) groups excluding carboxylic acids is 2. The number of nitrogens with one attached hydrogen (secondary N) is 3. The topological polar surface area (TPSA) is 91.1 Å². The van der Waals surface area contributed by atoms with Crippen molar-refractivity contribution < 1.29 is 9.59 Å². The van der Waals surface area contributed by atoms with Crippen LogP contribution in [0.3, 0.4) is 0 Å². The number of amides is 2. The van der Waals surface area contributed by atoms with Crippen LogP contribution in [-0.2, 0) is 6.54 Å². The van der Waals surface area contributed by atoms with Crippen LogP contribution in [0, 0.1) is 13.8 Å². The number of pyridine rings is 1. The van der Waals surface area contributed by atoms with E-state index >= 15 is 0 Å². The van der Waals surface area contributed by atoms with Gasteiger partial charge < -0.3 is 15.6 Å². The van der Waals surface area contributed by atoms with E-state index in [0.29, 0.717) is 16.7 Å². The fraction of sp³-hybridized carbons (Fsp3) is 0.350. The monoisotopic (exact) mass is 355 g/mol. The molecule has 1 aromatic carbocycles. The van der Waals surface area contributed by atoms with Gasteiger partial charge in [0.1, 0.15) is 0 Å². The third-order valence-electron chi connectivity index (χ3n) is 3.82. The highest BCUT2D eigenvalue weighted by Crippen LogP contribution is 2.08. The smallest absolute Gasteiger partial charge is 0.253 e. The van der Waals surface area contributed by atoms with Gasteiger partial charge in [-0.25, -0.2) is 0 Å². The number of rotatable bonds is 4. The van der Waals surface area contributed by atoms with Crippen LogP contribution in [-0.4, -0.2) is 22.3 Å². The summed E-state index contributed by atoms with van der Waals surface area (Å²) in [5, 5.41) is 5.61. The van der Waals surface area contributed by atoms with Gasteiger partial charge in [0.2, 0.25) is 0 Å². The fourth-order valence-electron chi connectivity index (χ4n) is 2.56. The van der Waals surface area contributed by atoms with E-state index in [0.717, 1.165) is 11.3 Å². The molecule has 0 spiro atoms. The molecule has 6 heteroatoms. The molecule has 138 valence electrons. The summed E-state index contributed by atoms with van der Waals surface area (Å²) in [6.45, 7) is 9.51. The molecule has 0 aliphatic rings. The van der Waals surface area contributed by atoms with E-state index in [4.69, 9.17) is 0 Å². The van der Waals surface area contributed by atoms with Crippen LogP contribution >= 0.6 is 0 Å². The van der Waals surface area contributed by atoms with Gasteiger partial charge in [0, 0.05) is 34.5 Å². The number of hydrogen-bond donors (Lipinski definition) is 3. The summed E-state index contributed by atoms with van der Waals surface area (Å²) in [7, 11) is 0. The van der Waals surface area contributed by atoms with Gasteiger partial charge in [-0.2, -0.15) is 0 Å². The zero-order valence-electron chi connectivity index (χ0n) is 15.8.